The Hall–Kier alpha value is -3.75. The average Bonchev–Trinajstić information content (AvgIpc) is 3.35. The van der Waals surface area contributed by atoms with Crippen LogP contribution in [0.4, 0.5) is 0 Å². The monoisotopic (exact) mass is 597 g/mol. The predicted molar refractivity (Wildman–Crippen MR) is 167 cm³/mol. The van der Waals surface area contributed by atoms with Crippen LogP contribution >= 0.6 is 0 Å². The van der Waals surface area contributed by atoms with Crippen LogP contribution in [0.1, 0.15) is 44.7 Å². The molecule has 2 aromatic rings. The van der Waals surface area contributed by atoms with Gasteiger partial charge in [0.05, 0.1) is 30.1 Å². The van der Waals surface area contributed by atoms with Crippen LogP contribution in [-0.4, -0.2) is 80.5 Å². The third-order valence-corrected chi connectivity index (χ3v) is 10.3. The first-order valence-electron chi connectivity index (χ1n) is 15.9. The fraction of sp³-hybridized carbons (Fsp3) is 0.472. The molecule has 0 aliphatic carbocycles. The second-order valence-corrected chi connectivity index (χ2v) is 12.7. The molecular weight excluding hydrogens is 554 g/mol. The van der Waals surface area contributed by atoms with Gasteiger partial charge in [-0.1, -0.05) is 112 Å². The van der Waals surface area contributed by atoms with E-state index in [1.807, 2.05) is 106 Å². The molecule has 6 rings (SSSR count). The van der Waals surface area contributed by atoms with Crippen molar-refractivity contribution in [1.29, 1.82) is 0 Å². The van der Waals surface area contributed by atoms with Gasteiger partial charge in [0.1, 0.15) is 11.6 Å². The number of aliphatic hydroxyl groups is 1. The third-order valence-electron chi connectivity index (χ3n) is 10.3. The zero-order valence-corrected chi connectivity index (χ0v) is 25.8. The summed E-state index contributed by atoms with van der Waals surface area (Å²) in [6.45, 7) is 7.24. The number of carbonyl (C=O) groups excluding carboxylic acids is 3. The molecular formula is C36H43N3O5. The van der Waals surface area contributed by atoms with Crippen LogP contribution in [0.3, 0.4) is 0 Å². The molecule has 0 radical (unpaired) electrons. The number of amides is 3. The van der Waals surface area contributed by atoms with Gasteiger partial charge in [0.15, 0.2) is 0 Å². The molecule has 1 N–H and O–H groups in total. The topological polar surface area (TPSA) is 90.4 Å². The summed E-state index contributed by atoms with van der Waals surface area (Å²) < 4.78 is 7.11. The second kappa shape index (κ2) is 12.0. The van der Waals surface area contributed by atoms with Crippen molar-refractivity contribution in [1.82, 2.24) is 14.7 Å². The van der Waals surface area contributed by atoms with Crippen molar-refractivity contribution in [2.75, 3.05) is 19.7 Å². The van der Waals surface area contributed by atoms with Crippen molar-refractivity contribution in [2.24, 2.45) is 17.8 Å². The van der Waals surface area contributed by atoms with E-state index < -0.39 is 35.1 Å². The highest BCUT2D eigenvalue weighted by Crippen LogP contribution is 2.59. The van der Waals surface area contributed by atoms with E-state index in [1.54, 1.807) is 14.7 Å². The molecule has 4 aliphatic heterocycles. The number of hydrogen-bond acceptors (Lipinski definition) is 5. The van der Waals surface area contributed by atoms with Crippen LogP contribution in [0.15, 0.2) is 85.0 Å². The molecule has 2 aromatic carbocycles. The van der Waals surface area contributed by atoms with Gasteiger partial charge in [-0.25, -0.2) is 0 Å². The Morgan fingerprint density at radius 1 is 0.818 bits per heavy atom. The van der Waals surface area contributed by atoms with Gasteiger partial charge in [-0.2, -0.15) is 0 Å². The first kappa shape index (κ1) is 30.3. The van der Waals surface area contributed by atoms with Crippen molar-refractivity contribution in [2.45, 2.75) is 70.0 Å². The van der Waals surface area contributed by atoms with Gasteiger partial charge in [-0.3, -0.25) is 14.4 Å². The number of aliphatic hydroxyl groups excluding tert-OH is 1. The number of carbonyl (C=O) groups is 3. The number of likely N-dealkylation sites (tertiary alicyclic amines) is 1. The second-order valence-electron chi connectivity index (χ2n) is 12.7. The minimum absolute atomic E-state index is 0.0716. The first-order valence-corrected chi connectivity index (χ1v) is 15.9. The van der Waals surface area contributed by atoms with Crippen molar-refractivity contribution < 1.29 is 24.2 Å². The third kappa shape index (κ3) is 4.79. The van der Waals surface area contributed by atoms with E-state index >= 15 is 0 Å². The summed E-state index contributed by atoms with van der Waals surface area (Å²) in [6.07, 6.45) is 8.94. The van der Waals surface area contributed by atoms with Gasteiger partial charge in [-0.05, 0) is 23.5 Å². The fourth-order valence-corrected chi connectivity index (χ4v) is 7.86. The van der Waals surface area contributed by atoms with Crippen LogP contribution in [0.5, 0.6) is 0 Å². The quantitative estimate of drug-likeness (QED) is 0.442. The number of hydrogen-bond donors (Lipinski definition) is 1. The lowest BCUT2D eigenvalue weighted by molar-refractivity contribution is -0.158. The molecule has 1 unspecified atom stereocenters. The Labute approximate surface area is 260 Å². The van der Waals surface area contributed by atoms with E-state index in [2.05, 4.69) is 0 Å². The standard InChI is InChI=1S/C36H43N3O5/c1-4-25(3)28(24-40)39-31-34(43)38(23-27-16-10-7-11-17-27)21-13-19-36(31)30(33(39)42)29-32(41)37(22-26-14-8-6-9-15-26)20-12-18-35(29,5-2)44-36/h6-19,25,28-31,40H,4-5,20-24H2,1-3H3/t25-,28-,29-,30-,31?,35+,36-/m0/s1. The molecule has 0 bridgehead atoms. The number of nitrogens with zero attached hydrogens (tertiary/aromatic N) is 3. The summed E-state index contributed by atoms with van der Waals surface area (Å²) in [5, 5.41) is 10.7. The maximum absolute atomic E-state index is 14.9. The molecule has 0 aromatic heterocycles. The Morgan fingerprint density at radius 3 is 1.93 bits per heavy atom. The van der Waals surface area contributed by atoms with Crippen LogP contribution in [0, 0.1) is 17.8 Å². The smallest absolute Gasteiger partial charge is 0.249 e. The van der Waals surface area contributed by atoms with Crippen molar-refractivity contribution in [3.63, 3.8) is 0 Å². The maximum Gasteiger partial charge on any atom is 0.249 e. The Balaban J connectivity index is 1.46. The molecule has 3 amide bonds. The fourth-order valence-electron chi connectivity index (χ4n) is 7.86. The van der Waals surface area contributed by atoms with Crippen LogP contribution < -0.4 is 0 Å². The summed E-state index contributed by atoms with van der Waals surface area (Å²) in [4.78, 5) is 49.4. The largest absolute Gasteiger partial charge is 0.394 e. The Kier molecular flexibility index (Phi) is 8.24. The van der Waals surface area contributed by atoms with Gasteiger partial charge in [-0.15, -0.1) is 0 Å². The molecule has 4 heterocycles. The lowest BCUT2D eigenvalue weighted by Crippen LogP contribution is -2.59. The average molecular weight is 598 g/mol. The minimum Gasteiger partial charge on any atom is -0.394 e. The van der Waals surface area contributed by atoms with Crippen LogP contribution in [-0.2, 0) is 32.2 Å². The van der Waals surface area contributed by atoms with Crippen LogP contribution in [0.2, 0.25) is 0 Å². The van der Waals surface area contributed by atoms with Crippen LogP contribution in [0.25, 0.3) is 0 Å². The molecule has 4 aliphatic rings. The molecule has 232 valence electrons. The van der Waals surface area contributed by atoms with Gasteiger partial charge < -0.3 is 24.5 Å². The lowest BCUT2D eigenvalue weighted by Gasteiger charge is -2.42. The number of rotatable bonds is 9. The van der Waals surface area contributed by atoms with E-state index in [9.17, 15) is 19.5 Å². The van der Waals surface area contributed by atoms with E-state index in [1.165, 1.54) is 0 Å². The highest BCUT2D eigenvalue weighted by atomic mass is 16.5. The van der Waals surface area contributed by atoms with E-state index in [-0.39, 0.29) is 30.2 Å². The van der Waals surface area contributed by atoms with E-state index in [0.29, 0.717) is 39.0 Å². The van der Waals surface area contributed by atoms with Crippen molar-refractivity contribution in [3.8, 4) is 0 Å². The number of ether oxygens (including phenoxy) is 1. The first-order chi connectivity index (χ1) is 21.3. The summed E-state index contributed by atoms with van der Waals surface area (Å²) >= 11 is 0. The zero-order chi connectivity index (χ0) is 31.1. The highest BCUT2D eigenvalue weighted by molar-refractivity contribution is 6.00. The van der Waals surface area contributed by atoms with Gasteiger partial charge in [0.25, 0.3) is 0 Å². The highest BCUT2D eigenvalue weighted by Gasteiger charge is 2.76. The lowest BCUT2D eigenvalue weighted by atomic mass is 9.73. The number of benzene rings is 2. The van der Waals surface area contributed by atoms with E-state index in [0.717, 1.165) is 11.1 Å². The van der Waals surface area contributed by atoms with Crippen molar-refractivity contribution >= 4 is 17.7 Å². The molecule has 2 fully saturated rings. The predicted octanol–water partition coefficient (Wildman–Crippen LogP) is 3.95. The SMILES string of the molecule is CC[C@H](C)[C@H](CO)N1C(=O)[C@@H]2[C@H]3C(=O)N(Cc4ccccc4)CC=C[C@@]3(CC)O[C@@]23C=CCN(Cc2ccccc2)C(=O)C13. The molecule has 44 heavy (non-hydrogen) atoms. The summed E-state index contributed by atoms with van der Waals surface area (Å²) in [5.74, 6) is -2.46. The zero-order valence-electron chi connectivity index (χ0n) is 25.8. The Bertz CT molecular complexity index is 1440. The molecule has 2 saturated heterocycles. The number of fused-ring (bicyclic) bond motifs is 2. The van der Waals surface area contributed by atoms with Gasteiger partial charge in [0, 0.05) is 26.2 Å². The molecule has 8 nitrogen and oxygen atoms in total. The van der Waals surface area contributed by atoms with Crippen molar-refractivity contribution in [3.05, 3.63) is 96.1 Å². The van der Waals surface area contributed by atoms with Gasteiger partial charge in [0.2, 0.25) is 17.7 Å². The maximum atomic E-state index is 14.9. The normalized spacial score (nSPS) is 31.0. The summed E-state index contributed by atoms with van der Waals surface area (Å²) in [7, 11) is 0. The Morgan fingerprint density at radius 2 is 1.39 bits per heavy atom. The summed E-state index contributed by atoms with van der Waals surface area (Å²) in [5.41, 5.74) is -0.410. The van der Waals surface area contributed by atoms with Gasteiger partial charge >= 0.3 is 0 Å². The van der Waals surface area contributed by atoms with E-state index in [4.69, 9.17) is 4.74 Å². The molecule has 0 saturated carbocycles. The molecule has 8 heteroatoms. The molecule has 1 spiro atoms. The summed E-state index contributed by atoms with van der Waals surface area (Å²) in [6, 6.07) is 18.0. The minimum atomic E-state index is -1.35. The molecule has 7 atom stereocenters.